The second-order valence-electron chi connectivity index (χ2n) is 5.54. The molecular weight excluding hydrogens is 361 g/mol. The van der Waals surface area contributed by atoms with Crippen molar-refractivity contribution in [3.05, 3.63) is 64.3 Å². The Morgan fingerprint density at radius 1 is 1.19 bits per heavy atom. The first-order valence-electron chi connectivity index (χ1n) is 7.61. The van der Waals surface area contributed by atoms with Crippen LogP contribution in [0.1, 0.15) is 5.69 Å². The number of benzene rings is 2. The van der Waals surface area contributed by atoms with Crippen molar-refractivity contribution in [2.24, 2.45) is 7.05 Å². The van der Waals surface area contributed by atoms with Gasteiger partial charge < -0.3 is 4.74 Å². The highest BCUT2D eigenvalue weighted by atomic mass is 32.2. The van der Waals surface area contributed by atoms with Crippen molar-refractivity contribution in [3.63, 3.8) is 0 Å². The van der Waals surface area contributed by atoms with Gasteiger partial charge in [-0.1, -0.05) is 18.2 Å². The monoisotopic (exact) mass is 377 g/mol. The van der Waals surface area contributed by atoms with Crippen LogP contribution in [0.3, 0.4) is 0 Å². The number of aryl methyl sites for hydroxylation is 1. The summed E-state index contributed by atoms with van der Waals surface area (Å²) in [4.78, 5) is 11.8. The lowest BCUT2D eigenvalue weighted by atomic mass is 10.1. The molecule has 0 radical (unpaired) electrons. The zero-order valence-electron chi connectivity index (χ0n) is 14.1. The van der Waals surface area contributed by atoms with E-state index in [1.54, 1.807) is 24.3 Å². The molecular formula is C17H16FN3O4S. The van der Waals surface area contributed by atoms with Crippen LogP contribution in [0.4, 0.5) is 4.39 Å². The number of hydrogen-bond donors (Lipinski definition) is 1. The average molecular weight is 377 g/mol. The fourth-order valence-corrected chi connectivity index (χ4v) is 3.77. The molecule has 1 heterocycles. The van der Waals surface area contributed by atoms with E-state index in [0.717, 1.165) is 16.8 Å². The lowest BCUT2D eigenvalue weighted by Gasteiger charge is -2.12. The quantitative estimate of drug-likeness (QED) is 0.729. The molecule has 0 saturated carbocycles. The van der Waals surface area contributed by atoms with Crippen molar-refractivity contribution in [3.8, 4) is 5.75 Å². The maximum Gasteiger partial charge on any atom is 0.274 e. The van der Waals surface area contributed by atoms with Crippen molar-refractivity contribution in [1.82, 2.24) is 14.5 Å². The molecule has 0 bridgehead atoms. The summed E-state index contributed by atoms with van der Waals surface area (Å²) in [5.41, 5.74) is 0.0978. The van der Waals surface area contributed by atoms with Crippen LogP contribution in [0.5, 0.6) is 5.75 Å². The van der Waals surface area contributed by atoms with Crippen LogP contribution >= 0.6 is 0 Å². The van der Waals surface area contributed by atoms with Crippen molar-refractivity contribution < 1.29 is 17.5 Å². The predicted octanol–water partition coefficient (Wildman–Crippen LogP) is 1.56. The number of sulfonamides is 1. The van der Waals surface area contributed by atoms with E-state index in [0.29, 0.717) is 16.5 Å². The fourth-order valence-electron chi connectivity index (χ4n) is 2.61. The number of halogens is 1. The Kier molecular flexibility index (Phi) is 4.75. The fraction of sp³-hybridized carbons (Fsp3) is 0.176. The molecule has 3 rings (SSSR count). The van der Waals surface area contributed by atoms with Crippen molar-refractivity contribution >= 4 is 20.8 Å². The Morgan fingerprint density at radius 3 is 2.58 bits per heavy atom. The first kappa shape index (κ1) is 18.0. The standard InChI is InChI=1S/C17H16FN3O4S/c1-21-17(22)13-6-4-3-5-12(13)14(20-21)10-19-26(23,24)16-9-11(18)7-8-15(16)25-2/h3-9,19H,10H2,1-2H3. The lowest BCUT2D eigenvalue weighted by Crippen LogP contribution is -2.27. The van der Waals surface area contributed by atoms with Gasteiger partial charge in [0, 0.05) is 12.4 Å². The third-order valence-corrected chi connectivity index (χ3v) is 5.30. The molecule has 0 aliphatic carbocycles. The van der Waals surface area contributed by atoms with Gasteiger partial charge in [0.25, 0.3) is 5.56 Å². The molecule has 0 amide bonds. The number of methoxy groups -OCH3 is 1. The first-order valence-corrected chi connectivity index (χ1v) is 9.10. The number of rotatable bonds is 5. The summed E-state index contributed by atoms with van der Waals surface area (Å²) in [6.07, 6.45) is 0. The van der Waals surface area contributed by atoms with Gasteiger partial charge >= 0.3 is 0 Å². The highest BCUT2D eigenvalue weighted by Crippen LogP contribution is 2.24. The van der Waals surface area contributed by atoms with Crippen molar-refractivity contribution in [2.75, 3.05) is 7.11 Å². The third kappa shape index (κ3) is 3.31. The Balaban J connectivity index is 1.99. The van der Waals surface area contributed by atoms with Gasteiger partial charge in [0.1, 0.15) is 16.5 Å². The van der Waals surface area contributed by atoms with Crippen LogP contribution in [-0.4, -0.2) is 25.3 Å². The van der Waals surface area contributed by atoms with E-state index in [-0.39, 0.29) is 22.7 Å². The van der Waals surface area contributed by atoms with Gasteiger partial charge in [-0.25, -0.2) is 22.2 Å². The first-order chi connectivity index (χ1) is 12.3. The van der Waals surface area contributed by atoms with Gasteiger partial charge in [0.2, 0.25) is 10.0 Å². The minimum Gasteiger partial charge on any atom is -0.495 e. The molecule has 26 heavy (non-hydrogen) atoms. The number of nitrogens with zero attached hydrogens (tertiary/aromatic N) is 2. The number of ether oxygens (including phenoxy) is 1. The maximum atomic E-state index is 13.5. The molecule has 3 aromatic rings. The van der Waals surface area contributed by atoms with Gasteiger partial charge in [-0.3, -0.25) is 4.79 Å². The van der Waals surface area contributed by atoms with Crippen LogP contribution in [0, 0.1) is 5.82 Å². The van der Waals surface area contributed by atoms with Crippen molar-refractivity contribution in [1.29, 1.82) is 0 Å². The predicted molar refractivity (Wildman–Crippen MR) is 94.0 cm³/mol. The molecule has 0 unspecified atom stereocenters. The number of nitrogens with one attached hydrogen (secondary N) is 1. The van der Waals surface area contributed by atoms with Gasteiger partial charge in [-0.05, 0) is 24.3 Å². The molecule has 0 saturated heterocycles. The Hall–Kier alpha value is -2.78. The van der Waals surface area contributed by atoms with E-state index in [2.05, 4.69) is 9.82 Å². The van der Waals surface area contributed by atoms with Gasteiger partial charge in [-0.2, -0.15) is 5.10 Å². The molecule has 7 nitrogen and oxygen atoms in total. The molecule has 9 heteroatoms. The summed E-state index contributed by atoms with van der Waals surface area (Å²) in [7, 11) is -1.27. The van der Waals surface area contributed by atoms with E-state index in [1.807, 2.05) is 0 Å². The molecule has 0 aliphatic heterocycles. The zero-order valence-corrected chi connectivity index (χ0v) is 14.9. The Labute approximate surface area is 149 Å². The van der Waals surface area contributed by atoms with Gasteiger partial charge in [-0.15, -0.1) is 0 Å². The molecule has 0 atom stereocenters. The van der Waals surface area contributed by atoms with Gasteiger partial charge in [0.15, 0.2) is 0 Å². The smallest absolute Gasteiger partial charge is 0.274 e. The number of hydrogen-bond acceptors (Lipinski definition) is 5. The molecule has 136 valence electrons. The summed E-state index contributed by atoms with van der Waals surface area (Å²) in [5.74, 6) is -0.672. The largest absolute Gasteiger partial charge is 0.495 e. The molecule has 0 fully saturated rings. The highest BCUT2D eigenvalue weighted by Gasteiger charge is 2.21. The SMILES string of the molecule is COc1ccc(F)cc1S(=O)(=O)NCc1nn(C)c(=O)c2ccccc12. The van der Waals surface area contributed by atoms with Crippen LogP contribution in [-0.2, 0) is 23.6 Å². The molecule has 1 aromatic heterocycles. The summed E-state index contributed by atoms with van der Waals surface area (Å²) in [6, 6.07) is 10.0. The molecule has 1 N–H and O–H groups in total. The molecule has 0 spiro atoms. The van der Waals surface area contributed by atoms with E-state index in [1.165, 1.54) is 20.2 Å². The van der Waals surface area contributed by atoms with Gasteiger partial charge in [0.05, 0.1) is 24.7 Å². The van der Waals surface area contributed by atoms with E-state index >= 15 is 0 Å². The number of aromatic nitrogens is 2. The summed E-state index contributed by atoms with van der Waals surface area (Å²) in [5, 5.41) is 5.11. The van der Waals surface area contributed by atoms with Crippen LogP contribution < -0.4 is 15.0 Å². The Morgan fingerprint density at radius 2 is 1.88 bits per heavy atom. The normalized spacial score (nSPS) is 11.7. The summed E-state index contributed by atoms with van der Waals surface area (Å²) in [6.45, 7) is -0.170. The topological polar surface area (TPSA) is 90.3 Å². The van der Waals surface area contributed by atoms with Crippen LogP contribution in [0.25, 0.3) is 10.8 Å². The molecule has 2 aromatic carbocycles. The second-order valence-corrected chi connectivity index (χ2v) is 7.28. The van der Waals surface area contributed by atoms with E-state index in [9.17, 15) is 17.6 Å². The van der Waals surface area contributed by atoms with Crippen LogP contribution in [0.15, 0.2) is 52.2 Å². The maximum absolute atomic E-state index is 13.5. The third-order valence-electron chi connectivity index (χ3n) is 3.88. The summed E-state index contributed by atoms with van der Waals surface area (Å²) >= 11 is 0. The average Bonchev–Trinajstić information content (AvgIpc) is 2.63. The number of fused-ring (bicyclic) bond motifs is 1. The van der Waals surface area contributed by atoms with Crippen LogP contribution in [0.2, 0.25) is 0 Å². The zero-order chi connectivity index (χ0) is 18.9. The van der Waals surface area contributed by atoms with E-state index < -0.39 is 15.8 Å². The lowest BCUT2D eigenvalue weighted by molar-refractivity contribution is 0.400. The van der Waals surface area contributed by atoms with Crippen molar-refractivity contribution in [2.45, 2.75) is 11.4 Å². The highest BCUT2D eigenvalue weighted by molar-refractivity contribution is 7.89. The minimum absolute atomic E-state index is 0.0252. The summed E-state index contributed by atoms with van der Waals surface area (Å²) < 4.78 is 47.2. The molecule has 0 aliphatic rings. The van der Waals surface area contributed by atoms with E-state index in [4.69, 9.17) is 4.74 Å². The second kappa shape index (κ2) is 6.85. The minimum atomic E-state index is -4.06. The Bertz CT molecular complexity index is 1140.